The maximum Gasteiger partial charge on any atom is 0.236 e. The number of benzene rings is 3. The van der Waals surface area contributed by atoms with Gasteiger partial charge in [-0.1, -0.05) is 71.2 Å². The maximum atomic E-state index is 14.0. The molecule has 0 saturated carbocycles. The van der Waals surface area contributed by atoms with Gasteiger partial charge in [0, 0.05) is 40.5 Å². The van der Waals surface area contributed by atoms with E-state index in [2.05, 4.69) is 16.7 Å². The fourth-order valence-electron chi connectivity index (χ4n) is 5.43. The number of halogens is 2. The Bertz CT molecular complexity index is 1240. The highest BCUT2D eigenvalue weighted by molar-refractivity contribution is 6.31. The molecule has 6 heteroatoms. The molecule has 0 bridgehead atoms. The van der Waals surface area contributed by atoms with Crippen LogP contribution in [0.1, 0.15) is 40.5 Å². The topological polar surface area (TPSA) is 58.2 Å². The summed E-state index contributed by atoms with van der Waals surface area (Å²) in [5.41, 5.74) is 3.51. The van der Waals surface area contributed by atoms with Crippen molar-refractivity contribution < 1.29 is 9.59 Å². The molecule has 2 unspecified atom stereocenters. The fourth-order valence-corrected chi connectivity index (χ4v) is 5.80. The lowest BCUT2D eigenvalue weighted by molar-refractivity contribution is -0.123. The third kappa shape index (κ3) is 3.30. The lowest BCUT2D eigenvalue weighted by Crippen LogP contribution is -2.46. The van der Waals surface area contributed by atoms with Crippen LogP contribution in [0.5, 0.6) is 0 Å². The number of carbonyl (C=O) groups excluding carboxylic acids is 2. The van der Waals surface area contributed by atoms with Crippen LogP contribution < -0.4 is 10.6 Å². The van der Waals surface area contributed by atoms with E-state index >= 15 is 0 Å². The maximum absolute atomic E-state index is 14.0. The second-order valence-corrected chi connectivity index (χ2v) is 9.47. The first-order valence-electron chi connectivity index (χ1n) is 10.6. The average molecular weight is 465 g/mol. The van der Waals surface area contributed by atoms with Crippen LogP contribution >= 0.6 is 23.2 Å². The molecule has 162 valence electrons. The van der Waals surface area contributed by atoms with Crippen LogP contribution in [0.3, 0.4) is 0 Å². The molecule has 0 radical (unpaired) electrons. The fraction of sp³-hybridized carbons (Fsp3) is 0.231. The van der Waals surface area contributed by atoms with Crippen LogP contribution in [0.4, 0.5) is 5.69 Å². The summed E-state index contributed by atoms with van der Waals surface area (Å²) in [5, 5.41) is 7.27. The average Bonchev–Trinajstić information content (AvgIpc) is 2.93. The van der Waals surface area contributed by atoms with Gasteiger partial charge in [0.25, 0.3) is 0 Å². The number of nitrogens with one attached hydrogen (secondary N) is 2. The number of amides is 2. The van der Waals surface area contributed by atoms with E-state index in [0.717, 1.165) is 22.3 Å². The Balaban J connectivity index is 1.83. The first-order chi connectivity index (χ1) is 15.4. The molecular weight excluding hydrogens is 443 g/mol. The molecule has 3 aromatic rings. The van der Waals surface area contributed by atoms with Crippen LogP contribution in [0.2, 0.25) is 10.0 Å². The molecule has 3 aromatic carbocycles. The Morgan fingerprint density at radius 3 is 2.34 bits per heavy atom. The van der Waals surface area contributed by atoms with Crippen molar-refractivity contribution in [1.29, 1.82) is 0 Å². The van der Waals surface area contributed by atoms with Crippen LogP contribution in [-0.4, -0.2) is 18.4 Å². The number of hydrogen-bond donors (Lipinski definition) is 2. The molecule has 2 amide bonds. The summed E-state index contributed by atoms with van der Waals surface area (Å²) in [4.78, 5) is 26.9. The van der Waals surface area contributed by atoms with Crippen molar-refractivity contribution in [1.82, 2.24) is 5.32 Å². The monoisotopic (exact) mass is 464 g/mol. The molecule has 2 aliphatic rings. The third-order valence-electron chi connectivity index (χ3n) is 6.74. The number of carbonyl (C=O) groups is 2. The van der Waals surface area contributed by atoms with E-state index in [-0.39, 0.29) is 30.1 Å². The molecule has 2 heterocycles. The molecule has 32 heavy (non-hydrogen) atoms. The number of anilines is 1. The van der Waals surface area contributed by atoms with Crippen molar-refractivity contribution in [3.63, 3.8) is 0 Å². The minimum absolute atomic E-state index is 0.0735. The summed E-state index contributed by atoms with van der Waals surface area (Å²) in [6, 6.07) is 21.2. The molecule has 1 spiro atoms. The second kappa shape index (κ2) is 7.95. The van der Waals surface area contributed by atoms with Gasteiger partial charge in [0.05, 0.1) is 5.41 Å². The molecule has 1 saturated heterocycles. The number of hydrogen-bond acceptors (Lipinski definition) is 2. The Kier molecular flexibility index (Phi) is 5.23. The Hall–Kier alpha value is -2.82. The van der Waals surface area contributed by atoms with Gasteiger partial charge >= 0.3 is 0 Å². The van der Waals surface area contributed by atoms with E-state index in [9.17, 15) is 9.59 Å². The number of aryl methyl sites for hydroxylation is 1. The normalized spacial score (nSPS) is 24.6. The van der Waals surface area contributed by atoms with Crippen molar-refractivity contribution >= 4 is 40.7 Å². The molecule has 2 aliphatic heterocycles. The standard InChI is InChI=1S/C26H22Cl2N2O2/c1-15-4-2-5-16(10-15)21-13-24(31)29-14-22(17-6-3-7-18(27)11-17)26(21)20-9-8-19(28)12-23(20)30-25(26)32/h2-12,21-22H,13-14H2,1H3,(H,29,31)(H,30,32)/t21-,22?,26?/m0/s1. The van der Waals surface area contributed by atoms with E-state index < -0.39 is 5.41 Å². The van der Waals surface area contributed by atoms with Gasteiger partial charge in [-0.3, -0.25) is 9.59 Å². The first-order valence-corrected chi connectivity index (χ1v) is 11.4. The Morgan fingerprint density at radius 1 is 0.875 bits per heavy atom. The van der Waals surface area contributed by atoms with Crippen molar-refractivity contribution in [2.24, 2.45) is 0 Å². The van der Waals surface area contributed by atoms with Crippen LogP contribution in [0.25, 0.3) is 0 Å². The minimum atomic E-state index is -1.00. The van der Waals surface area contributed by atoms with Gasteiger partial charge in [-0.05, 0) is 47.9 Å². The summed E-state index contributed by atoms with van der Waals surface area (Å²) >= 11 is 12.6. The van der Waals surface area contributed by atoms with Gasteiger partial charge in [-0.25, -0.2) is 0 Å². The molecular formula is C26H22Cl2N2O2. The number of rotatable bonds is 2. The first kappa shape index (κ1) is 21.0. The van der Waals surface area contributed by atoms with Crippen molar-refractivity contribution in [2.75, 3.05) is 11.9 Å². The van der Waals surface area contributed by atoms with Gasteiger partial charge in [0.1, 0.15) is 0 Å². The highest BCUT2D eigenvalue weighted by atomic mass is 35.5. The highest BCUT2D eigenvalue weighted by Crippen LogP contribution is 2.57. The zero-order valence-corrected chi connectivity index (χ0v) is 19.0. The Morgan fingerprint density at radius 2 is 1.59 bits per heavy atom. The van der Waals surface area contributed by atoms with Crippen LogP contribution in [-0.2, 0) is 15.0 Å². The van der Waals surface area contributed by atoms with Gasteiger partial charge in [0.15, 0.2) is 0 Å². The van der Waals surface area contributed by atoms with Gasteiger partial charge < -0.3 is 10.6 Å². The zero-order chi connectivity index (χ0) is 22.5. The van der Waals surface area contributed by atoms with Crippen molar-refractivity contribution in [3.05, 3.63) is 99.0 Å². The van der Waals surface area contributed by atoms with E-state index in [0.29, 0.717) is 22.3 Å². The SMILES string of the molecule is Cc1cccc([C@@H]2CC(=O)NCC(c3cccc(Cl)c3)C23C(=O)Nc2cc(Cl)ccc23)c1. The third-order valence-corrected chi connectivity index (χ3v) is 7.21. The number of fused-ring (bicyclic) bond motifs is 2. The van der Waals surface area contributed by atoms with E-state index in [1.807, 2.05) is 61.5 Å². The molecule has 1 fully saturated rings. The smallest absolute Gasteiger partial charge is 0.236 e. The lowest BCUT2D eigenvalue weighted by Gasteiger charge is -2.41. The summed E-state index contributed by atoms with van der Waals surface area (Å²) < 4.78 is 0. The zero-order valence-electron chi connectivity index (χ0n) is 17.5. The van der Waals surface area contributed by atoms with Crippen molar-refractivity contribution in [3.8, 4) is 0 Å². The molecule has 4 nitrogen and oxygen atoms in total. The van der Waals surface area contributed by atoms with Crippen molar-refractivity contribution in [2.45, 2.75) is 30.6 Å². The summed E-state index contributed by atoms with van der Waals surface area (Å²) in [6.45, 7) is 2.35. The van der Waals surface area contributed by atoms with Gasteiger partial charge in [-0.15, -0.1) is 0 Å². The predicted octanol–water partition coefficient (Wildman–Crippen LogP) is 5.58. The molecule has 3 atom stereocenters. The van der Waals surface area contributed by atoms with E-state index in [1.165, 1.54) is 0 Å². The molecule has 0 aliphatic carbocycles. The quantitative estimate of drug-likeness (QED) is 0.519. The van der Waals surface area contributed by atoms with Crippen LogP contribution in [0.15, 0.2) is 66.7 Å². The Labute approximate surface area is 196 Å². The molecule has 2 N–H and O–H groups in total. The summed E-state index contributed by atoms with van der Waals surface area (Å²) in [6.07, 6.45) is 0.204. The highest BCUT2D eigenvalue weighted by Gasteiger charge is 2.59. The van der Waals surface area contributed by atoms with Gasteiger partial charge in [-0.2, -0.15) is 0 Å². The summed E-state index contributed by atoms with van der Waals surface area (Å²) in [5.74, 6) is -0.879. The largest absolute Gasteiger partial charge is 0.355 e. The van der Waals surface area contributed by atoms with Crippen LogP contribution in [0, 0.1) is 6.92 Å². The predicted molar refractivity (Wildman–Crippen MR) is 127 cm³/mol. The van der Waals surface area contributed by atoms with E-state index in [1.54, 1.807) is 6.07 Å². The summed E-state index contributed by atoms with van der Waals surface area (Å²) in [7, 11) is 0. The van der Waals surface area contributed by atoms with E-state index in [4.69, 9.17) is 23.2 Å². The van der Waals surface area contributed by atoms with Gasteiger partial charge in [0.2, 0.25) is 11.8 Å². The lowest BCUT2D eigenvalue weighted by atomic mass is 9.59. The molecule has 0 aromatic heterocycles. The minimum Gasteiger partial charge on any atom is -0.355 e. The molecule has 5 rings (SSSR count). The second-order valence-electron chi connectivity index (χ2n) is 8.60.